The molecule has 0 bridgehead atoms. The molecule has 4 rings (SSSR count). The average Bonchev–Trinajstić information content (AvgIpc) is 3.31. The zero-order chi connectivity index (χ0) is 17.9. The minimum atomic E-state index is 0.297. The molecule has 26 heavy (non-hydrogen) atoms. The van der Waals surface area contributed by atoms with Crippen LogP contribution in [0.3, 0.4) is 0 Å². The van der Waals surface area contributed by atoms with Gasteiger partial charge in [-0.1, -0.05) is 0 Å². The number of ether oxygens (including phenoxy) is 2. The van der Waals surface area contributed by atoms with Gasteiger partial charge in [0.1, 0.15) is 23.6 Å². The molecule has 0 aliphatic heterocycles. The lowest BCUT2D eigenvalue weighted by atomic mass is 10.1. The van der Waals surface area contributed by atoms with Gasteiger partial charge in [0.05, 0.1) is 13.2 Å². The van der Waals surface area contributed by atoms with Gasteiger partial charge in [0.25, 0.3) is 5.78 Å². The fraction of sp³-hybridized carbons (Fsp3) is 0.421. The lowest BCUT2D eigenvalue weighted by Gasteiger charge is -2.18. The third-order valence-corrected chi connectivity index (χ3v) is 4.71. The van der Waals surface area contributed by atoms with E-state index in [-0.39, 0.29) is 0 Å². The second-order valence-electron chi connectivity index (χ2n) is 6.61. The molecule has 7 heteroatoms. The normalized spacial score (nSPS) is 14.7. The van der Waals surface area contributed by atoms with Gasteiger partial charge in [-0.05, 0) is 44.7 Å². The Bertz CT molecular complexity index is 902. The number of rotatable bonds is 6. The molecule has 0 unspecified atom stereocenters. The van der Waals surface area contributed by atoms with Gasteiger partial charge in [-0.3, -0.25) is 0 Å². The third kappa shape index (κ3) is 3.42. The molecule has 7 nitrogen and oxygen atoms in total. The minimum absolute atomic E-state index is 0.297. The van der Waals surface area contributed by atoms with Crippen molar-refractivity contribution in [3.63, 3.8) is 0 Å². The maximum atomic E-state index is 6.27. The Hall–Kier alpha value is -2.83. The Labute approximate surface area is 152 Å². The van der Waals surface area contributed by atoms with Crippen LogP contribution in [0.5, 0.6) is 11.5 Å². The van der Waals surface area contributed by atoms with Crippen molar-refractivity contribution in [1.29, 1.82) is 0 Å². The van der Waals surface area contributed by atoms with Gasteiger partial charge in [-0.25, -0.2) is 4.98 Å². The SMILES string of the molecule is COc1ccc(CNc2cc(C)nc3ncnn23)c(OC2CCCC2)c1. The molecule has 1 aliphatic rings. The quantitative estimate of drug-likeness (QED) is 0.732. The van der Waals surface area contributed by atoms with Crippen molar-refractivity contribution in [3.05, 3.63) is 41.9 Å². The number of methoxy groups -OCH3 is 1. The van der Waals surface area contributed by atoms with Crippen molar-refractivity contribution in [2.24, 2.45) is 0 Å². The predicted octanol–water partition coefficient (Wildman–Crippen LogP) is 3.37. The van der Waals surface area contributed by atoms with E-state index in [1.165, 1.54) is 19.2 Å². The van der Waals surface area contributed by atoms with Gasteiger partial charge in [0, 0.05) is 29.9 Å². The van der Waals surface area contributed by atoms with E-state index in [2.05, 4.69) is 20.4 Å². The zero-order valence-electron chi connectivity index (χ0n) is 15.1. The van der Waals surface area contributed by atoms with Gasteiger partial charge >= 0.3 is 0 Å². The first-order valence-electron chi connectivity index (χ1n) is 8.98. The molecule has 0 saturated heterocycles. The highest BCUT2D eigenvalue weighted by molar-refractivity contribution is 5.47. The predicted molar refractivity (Wildman–Crippen MR) is 98.7 cm³/mol. The van der Waals surface area contributed by atoms with Gasteiger partial charge in [-0.2, -0.15) is 14.6 Å². The lowest BCUT2D eigenvalue weighted by Crippen LogP contribution is -2.14. The molecule has 1 fully saturated rings. The maximum Gasteiger partial charge on any atom is 0.254 e. The van der Waals surface area contributed by atoms with Crippen molar-refractivity contribution in [2.45, 2.75) is 45.3 Å². The van der Waals surface area contributed by atoms with Crippen LogP contribution >= 0.6 is 0 Å². The van der Waals surface area contributed by atoms with Crippen LogP contribution in [-0.4, -0.2) is 32.8 Å². The largest absolute Gasteiger partial charge is 0.497 e. The van der Waals surface area contributed by atoms with Crippen molar-refractivity contribution in [3.8, 4) is 11.5 Å². The molecule has 2 aromatic heterocycles. The topological polar surface area (TPSA) is 73.6 Å². The van der Waals surface area contributed by atoms with Gasteiger partial charge < -0.3 is 14.8 Å². The number of hydrogen-bond acceptors (Lipinski definition) is 6. The first-order valence-corrected chi connectivity index (χ1v) is 8.98. The van der Waals surface area contributed by atoms with E-state index >= 15 is 0 Å². The van der Waals surface area contributed by atoms with Gasteiger partial charge in [0.2, 0.25) is 0 Å². The summed E-state index contributed by atoms with van der Waals surface area (Å²) in [5, 5.41) is 7.67. The average molecular weight is 353 g/mol. The molecular formula is C19H23N5O2. The fourth-order valence-electron chi connectivity index (χ4n) is 3.35. The minimum Gasteiger partial charge on any atom is -0.497 e. The zero-order valence-corrected chi connectivity index (χ0v) is 15.1. The number of nitrogens with zero attached hydrogens (tertiary/aromatic N) is 4. The molecule has 2 heterocycles. The van der Waals surface area contributed by atoms with Crippen LogP contribution < -0.4 is 14.8 Å². The van der Waals surface area contributed by atoms with E-state index in [9.17, 15) is 0 Å². The van der Waals surface area contributed by atoms with Gasteiger partial charge in [0.15, 0.2) is 0 Å². The second-order valence-corrected chi connectivity index (χ2v) is 6.61. The molecule has 1 saturated carbocycles. The van der Waals surface area contributed by atoms with Crippen LogP contribution in [-0.2, 0) is 6.54 Å². The smallest absolute Gasteiger partial charge is 0.254 e. The van der Waals surface area contributed by atoms with Crippen LogP contribution in [0.15, 0.2) is 30.6 Å². The van der Waals surface area contributed by atoms with Crippen molar-refractivity contribution in [1.82, 2.24) is 19.6 Å². The van der Waals surface area contributed by atoms with Crippen LogP contribution in [0.25, 0.3) is 5.78 Å². The number of aryl methyl sites for hydroxylation is 1. The number of hydrogen-bond donors (Lipinski definition) is 1. The van der Waals surface area contributed by atoms with Crippen LogP contribution in [0.2, 0.25) is 0 Å². The Morgan fingerprint density at radius 1 is 1.23 bits per heavy atom. The molecule has 3 aromatic rings. The maximum absolute atomic E-state index is 6.27. The number of fused-ring (bicyclic) bond motifs is 1. The molecule has 0 spiro atoms. The third-order valence-electron chi connectivity index (χ3n) is 4.71. The standard InChI is InChI=1S/C19H23N5O2/c1-13-9-18(24-19(23-13)21-12-22-24)20-11-14-7-8-16(25-2)10-17(14)26-15-5-3-4-6-15/h7-10,12,15,20H,3-6,11H2,1-2H3. The molecule has 136 valence electrons. The second kappa shape index (κ2) is 7.19. The van der Waals surface area contributed by atoms with Crippen LogP contribution in [0, 0.1) is 6.92 Å². The molecule has 0 atom stereocenters. The highest BCUT2D eigenvalue weighted by Crippen LogP contribution is 2.30. The van der Waals surface area contributed by atoms with E-state index < -0.39 is 0 Å². The Balaban J connectivity index is 1.57. The van der Waals surface area contributed by atoms with Crippen molar-refractivity contribution >= 4 is 11.6 Å². The fourth-order valence-corrected chi connectivity index (χ4v) is 3.35. The molecule has 0 amide bonds. The number of benzene rings is 1. The summed E-state index contributed by atoms with van der Waals surface area (Å²) in [5.41, 5.74) is 1.98. The summed E-state index contributed by atoms with van der Waals surface area (Å²) in [6.07, 6.45) is 6.52. The monoisotopic (exact) mass is 353 g/mol. The van der Waals surface area contributed by atoms with E-state index in [4.69, 9.17) is 9.47 Å². The Morgan fingerprint density at radius 2 is 2.08 bits per heavy atom. The summed E-state index contributed by atoms with van der Waals surface area (Å²) in [6.45, 7) is 2.56. The summed E-state index contributed by atoms with van der Waals surface area (Å²) < 4.78 is 13.3. The first-order chi connectivity index (χ1) is 12.7. The highest BCUT2D eigenvalue weighted by Gasteiger charge is 2.18. The summed E-state index contributed by atoms with van der Waals surface area (Å²) in [6, 6.07) is 7.94. The molecule has 0 radical (unpaired) electrons. The summed E-state index contributed by atoms with van der Waals surface area (Å²) in [5.74, 6) is 3.13. The number of aromatic nitrogens is 4. The van der Waals surface area contributed by atoms with Crippen LogP contribution in [0.1, 0.15) is 36.9 Å². The Morgan fingerprint density at radius 3 is 2.88 bits per heavy atom. The van der Waals surface area contributed by atoms with Crippen LogP contribution in [0.4, 0.5) is 5.82 Å². The summed E-state index contributed by atoms with van der Waals surface area (Å²) in [7, 11) is 1.67. The lowest BCUT2D eigenvalue weighted by molar-refractivity contribution is 0.207. The summed E-state index contributed by atoms with van der Waals surface area (Å²) in [4.78, 5) is 8.53. The molecule has 1 aliphatic carbocycles. The Kier molecular flexibility index (Phi) is 4.60. The molecular weight excluding hydrogens is 330 g/mol. The van der Waals surface area contributed by atoms with Crippen molar-refractivity contribution < 1.29 is 9.47 Å². The van der Waals surface area contributed by atoms with E-state index in [0.29, 0.717) is 18.4 Å². The highest BCUT2D eigenvalue weighted by atomic mass is 16.5. The van der Waals surface area contributed by atoms with E-state index in [0.717, 1.165) is 41.4 Å². The molecule has 1 N–H and O–H groups in total. The first kappa shape index (κ1) is 16.6. The molecule has 1 aromatic carbocycles. The van der Waals surface area contributed by atoms with E-state index in [1.54, 1.807) is 11.6 Å². The summed E-state index contributed by atoms with van der Waals surface area (Å²) >= 11 is 0. The van der Waals surface area contributed by atoms with Gasteiger partial charge in [-0.15, -0.1) is 0 Å². The number of anilines is 1. The number of nitrogens with one attached hydrogen (secondary N) is 1. The van der Waals surface area contributed by atoms with Crippen molar-refractivity contribution in [2.75, 3.05) is 12.4 Å². The van der Waals surface area contributed by atoms with E-state index in [1.807, 2.05) is 31.2 Å².